The molecule has 4 nitrogen and oxygen atoms in total. The molecule has 0 heterocycles. The van der Waals surface area contributed by atoms with E-state index in [0.29, 0.717) is 5.02 Å². The average Bonchev–Trinajstić information content (AvgIpc) is 3.26. The zero-order valence-corrected chi connectivity index (χ0v) is 15.7. The Kier molecular flexibility index (Phi) is 4.79. The Morgan fingerprint density at radius 3 is 2.04 bits per heavy atom. The topological polar surface area (TPSA) is 74.6 Å². The lowest BCUT2D eigenvalue weighted by Gasteiger charge is -2.11. The van der Waals surface area contributed by atoms with Crippen LogP contribution in [0.25, 0.3) is 0 Å². The molecule has 2 aromatic rings. The van der Waals surface area contributed by atoms with Crippen molar-refractivity contribution < 1.29 is 18.6 Å². The maximum atomic E-state index is 13.0. The third-order valence-electron chi connectivity index (χ3n) is 4.67. The summed E-state index contributed by atoms with van der Waals surface area (Å²) in [7, 11) is -3.71. The van der Waals surface area contributed by atoms with Gasteiger partial charge in [-0.1, -0.05) is 39.7 Å². The largest absolute Gasteiger partial charge is 0.396 e. The van der Waals surface area contributed by atoms with Crippen LogP contribution >= 0.6 is 27.5 Å². The van der Waals surface area contributed by atoms with Crippen molar-refractivity contribution in [3.63, 3.8) is 0 Å². The highest BCUT2D eigenvalue weighted by Gasteiger charge is 2.70. The van der Waals surface area contributed by atoms with Crippen molar-refractivity contribution in [1.82, 2.24) is 0 Å². The Balaban J connectivity index is 2.04. The minimum Gasteiger partial charge on any atom is -0.396 e. The first kappa shape index (κ1) is 17.9. The van der Waals surface area contributed by atoms with E-state index in [2.05, 4.69) is 15.9 Å². The van der Waals surface area contributed by atoms with Gasteiger partial charge in [-0.2, -0.15) is 0 Å². The predicted octanol–water partition coefficient (Wildman–Crippen LogP) is 3.01. The highest BCUT2D eigenvalue weighted by atomic mass is 79.9. The van der Waals surface area contributed by atoms with Crippen LogP contribution in [0.5, 0.6) is 0 Å². The van der Waals surface area contributed by atoms with Crippen molar-refractivity contribution in [3.05, 3.63) is 63.6 Å². The molecule has 2 aromatic carbocycles. The molecule has 2 atom stereocenters. The van der Waals surface area contributed by atoms with E-state index in [9.17, 15) is 18.6 Å². The maximum absolute atomic E-state index is 13.0. The minimum atomic E-state index is -3.71. The smallest absolute Gasteiger partial charge is 0.182 e. The molecule has 24 heavy (non-hydrogen) atoms. The van der Waals surface area contributed by atoms with Crippen molar-refractivity contribution in [1.29, 1.82) is 0 Å². The van der Waals surface area contributed by atoms with Gasteiger partial charge in [-0.3, -0.25) is 0 Å². The standard InChI is InChI=1S/C17H16BrClO4S/c18-12-3-1-11(2-4-12)15-16(17(15,9-20)10-21)24(22,23)14-7-5-13(19)6-8-14/h1-8,15-16,20-21H,9-10H2. The molecule has 0 bridgehead atoms. The molecule has 128 valence electrons. The van der Waals surface area contributed by atoms with Crippen LogP contribution in [0.1, 0.15) is 11.5 Å². The van der Waals surface area contributed by atoms with E-state index in [1.165, 1.54) is 24.3 Å². The molecule has 0 radical (unpaired) electrons. The van der Waals surface area contributed by atoms with E-state index in [-0.39, 0.29) is 4.90 Å². The maximum Gasteiger partial charge on any atom is 0.182 e. The molecule has 2 N–H and O–H groups in total. The van der Waals surface area contributed by atoms with Crippen molar-refractivity contribution in [3.8, 4) is 0 Å². The molecule has 0 saturated heterocycles. The average molecular weight is 432 g/mol. The Labute approximate surface area is 154 Å². The van der Waals surface area contributed by atoms with Gasteiger partial charge in [-0.25, -0.2) is 8.42 Å². The van der Waals surface area contributed by atoms with Gasteiger partial charge in [-0.15, -0.1) is 0 Å². The van der Waals surface area contributed by atoms with Crippen LogP contribution in [0.3, 0.4) is 0 Å². The summed E-state index contributed by atoms with van der Waals surface area (Å²) in [5.41, 5.74) is -0.296. The fourth-order valence-electron chi connectivity index (χ4n) is 3.32. The molecule has 1 aliphatic carbocycles. The number of sulfone groups is 1. The lowest BCUT2D eigenvalue weighted by atomic mass is 10.0. The summed E-state index contributed by atoms with van der Waals surface area (Å²) in [5.74, 6) is -0.457. The third kappa shape index (κ3) is 2.80. The number of benzene rings is 2. The first-order valence-electron chi connectivity index (χ1n) is 7.33. The predicted molar refractivity (Wildman–Crippen MR) is 95.9 cm³/mol. The summed E-state index contributed by atoms with van der Waals surface area (Å²) in [6, 6.07) is 13.2. The second-order valence-corrected chi connectivity index (χ2v) is 9.42. The van der Waals surface area contributed by atoms with E-state index >= 15 is 0 Å². The van der Waals surface area contributed by atoms with Crippen molar-refractivity contribution >= 4 is 37.4 Å². The minimum absolute atomic E-state index is 0.141. The van der Waals surface area contributed by atoms with Gasteiger partial charge in [-0.05, 0) is 42.0 Å². The molecule has 0 aliphatic heterocycles. The van der Waals surface area contributed by atoms with Gasteiger partial charge in [0.15, 0.2) is 9.84 Å². The fraction of sp³-hybridized carbons (Fsp3) is 0.294. The van der Waals surface area contributed by atoms with Crippen molar-refractivity contribution in [2.45, 2.75) is 16.1 Å². The molecule has 0 aromatic heterocycles. The molecular weight excluding hydrogens is 416 g/mol. The van der Waals surface area contributed by atoms with E-state index in [1.807, 2.05) is 24.3 Å². The lowest BCUT2D eigenvalue weighted by Crippen LogP contribution is -2.23. The molecule has 0 spiro atoms. The quantitative estimate of drug-likeness (QED) is 0.763. The van der Waals surface area contributed by atoms with Gasteiger partial charge < -0.3 is 10.2 Å². The molecule has 0 amide bonds. The highest BCUT2D eigenvalue weighted by Crippen LogP contribution is 2.63. The molecule has 7 heteroatoms. The Hall–Kier alpha value is -0.920. The summed E-state index contributed by atoms with van der Waals surface area (Å²) >= 11 is 9.17. The first-order valence-corrected chi connectivity index (χ1v) is 10.1. The zero-order chi connectivity index (χ0) is 17.5. The summed E-state index contributed by atoms with van der Waals surface area (Å²) in [5, 5.41) is 19.2. The third-order valence-corrected chi connectivity index (χ3v) is 7.79. The van der Waals surface area contributed by atoms with Crippen molar-refractivity contribution in [2.75, 3.05) is 13.2 Å². The van der Waals surface area contributed by atoms with E-state index in [0.717, 1.165) is 10.0 Å². The second kappa shape index (κ2) is 6.42. The van der Waals surface area contributed by atoms with Gasteiger partial charge >= 0.3 is 0 Å². The Morgan fingerprint density at radius 2 is 1.54 bits per heavy atom. The zero-order valence-electron chi connectivity index (χ0n) is 12.6. The molecule has 3 rings (SSSR count). The fourth-order valence-corrected chi connectivity index (χ4v) is 6.14. The number of halogens is 2. The highest BCUT2D eigenvalue weighted by molar-refractivity contribution is 9.10. The molecular formula is C17H16BrClO4S. The number of rotatable bonds is 5. The van der Waals surface area contributed by atoms with E-state index in [1.54, 1.807) is 0 Å². The SMILES string of the molecule is O=S(=O)(c1ccc(Cl)cc1)C1C(c2ccc(Br)cc2)C1(CO)CO. The van der Waals surface area contributed by atoms with Crippen LogP contribution in [0.2, 0.25) is 5.02 Å². The number of aliphatic hydroxyl groups excluding tert-OH is 2. The number of aliphatic hydroxyl groups is 2. The normalized spacial score (nSPS) is 22.3. The van der Waals surface area contributed by atoms with Gasteiger partial charge in [0.2, 0.25) is 0 Å². The first-order chi connectivity index (χ1) is 11.4. The monoisotopic (exact) mass is 430 g/mol. The lowest BCUT2D eigenvalue weighted by molar-refractivity contribution is 0.130. The Morgan fingerprint density at radius 1 is 1.00 bits per heavy atom. The number of hydrogen-bond donors (Lipinski definition) is 2. The van der Waals surface area contributed by atoms with Crippen molar-refractivity contribution in [2.24, 2.45) is 5.41 Å². The summed E-state index contributed by atoms with van der Waals surface area (Å²) in [6.07, 6.45) is 0. The van der Waals surface area contributed by atoms with Crippen LogP contribution in [0.4, 0.5) is 0 Å². The summed E-state index contributed by atoms with van der Waals surface area (Å²) in [6.45, 7) is -0.802. The van der Waals surface area contributed by atoms with Crippen LogP contribution in [0, 0.1) is 5.41 Å². The van der Waals surface area contributed by atoms with Crippen LogP contribution < -0.4 is 0 Å². The molecule has 1 saturated carbocycles. The van der Waals surface area contributed by atoms with Crippen LogP contribution in [0.15, 0.2) is 57.9 Å². The van der Waals surface area contributed by atoms with E-state index in [4.69, 9.17) is 11.6 Å². The summed E-state index contributed by atoms with van der Waals surface area (Å²) < 4.78 is 26.9. The summed E-state index contributed by atoms with van der Waals surface area (Å²) in [4.78, 5) is 0.141. The number of hydrogen-bond acceptors (Lipinski definition) is 4. The van der Waals surface area contributed by atoms with Gasteiger partial charge in [0.25, 0.3) is 0 Å². The van der Waals surface area contributed by atoms with Crippen LogP contribution in [-0.4, -0.2) is 37.1 Å². The molecule has 2 unspecified atom stereocenters. The van der Waals surface area contributed by atoms with Gasteiger partial charge in [0, 0.05) is 20.8 Å². The Bertz CT molecular complexity index is 830. The van der Waals surface area contributed by atoms with Gasteiger partial charge in [0.1, 0.15) is 0 Å². The second-order valence-electron chi connectivity index (χ2n) is 6.00. The van der Waals surface area contributed by atoms with Gasteiger partial charge in [0.05, 0.1) is 23.4 Å². The van der Waals surface area contributed by atoms with E-state index < -0.39 is 39.6 Å². The molecule has 1 aliphatic rings. The molecule has 1 fully saturated rings. The van der Waals surface area contributed by atoms with Crippen LogP contribution in [-0.2, 0) is 9.84 Å².